The van der Waals surface area contributed by atoms with Crippen molar-refractivity contribution in [1.82, 2.24) is 14.9 Å². The van der Waals surface area contributed by atoms with Crippen molar-refractivity contribution in [2.24, 2.45) is 0 Å². The topological polar surface area (TPSA) is 92.6 Å². The maximum Gasteiger partial charge on any atom is 0.296 e. The molecular weight excluding hydrogens is 382 g/mol. The van der Waals surface area contributed by atoms with Crippen LogP contribution in [0, 0.1) is 0 Å². The molecule has 30 heavy (non-hydrogen) atoms. The Morgan fingerprint density at radius 3 is 2.67 bits per heavy atom. The SMILES string of the molecule is COc1cccc(C(O)=C2C(=O)C(=O)N(Cc3cccnc3)[C@@H]2c2ccccn2)c1. The van der Waals surface area contributed by atoms with Gasteiger partial charge < -0.3 is 14.7 Å². The summed E-state index contributed by atoms with van der Waals surface area (Å²) in [5.41, 5.74) is 1.64. The predicted molar refractivity (Wildman–Crippen MR) is 109 cm³/mol. The van der Waals surface area contributed by atoms with Crippen molar-refractivity contribution in [2.45, 2.75) is 12.6 Å². The van der Waals surface area contributed by atoms with E-state index in [2.05, 4.69) is 9.97 Å². The van der Waals surface area contributed by atoms with E-state index in [1.54, 1.807) is 67.1 Å². The van der Waals surface area contributed by atoms with Gasteiger partial charge in [0.1, 0.15) is 17.6 Å². The number of Topliss-reactive ketones (excluding diaryl/α,β-unsaturated/α-hetero) is 1. The minimum absolute atomic E-state index is 0.00385. The van der Waals surface area contributed by atoms with Crippen LogP contribution in [0.2, 0.25) is 0 Å². The molecule has 0 aliphatic carbocycles. The van der Waals surface area contributed by atoms with Crippen LogP contribution in [0.15, 0.2) is 78.8 Å². The van der Waals surface area contributed by atoms with Gasteiger partial charge in [0.05, 0.1) is 18.4 Å². The molecule has 1 aliphatic heterocycles. The van der Waals surface area contributed by atoms with Crippen LogP contribution >= 0.6 is 0 Å². The van der Waals surface area contributed by atoms with E-state index in [1.165, 1.54) is 12.0 Å². The molecule has 3 aromatic rings. The lowest BCUT2D eigenvalue weighted by Crippen LogP contribution is -2.29. The van der Waals surface area contributed by atoms with Crippen LogP contribution in [0.4, 0.5) is 0 Å². The molecule has 0 unspecified atom stereocenters. The number of hydrogen-bond acceptors (Lipinski definition) is 6. The summed E-state index contributed by atoms with van der Waals surface area (Å²) in [6, 6.07) is 14.7. The molecule has 1 amide bonds. The standard InChI is InChI=1S/C23H19N3O4/c1-30-17-8-4-7-16(12-17)21(27)19-20(18-9-2-3-11-25-18)26(23(29)22(19)28)14-15-6-5-10-24-13-15/h2-13,20,27H,14H2,1H3/t20-/m1/s1. The summed E-state index contributed by atoms with van der Waals surface area (Å²) in [6.07, 6.45) is 4.86. The summed E-state index contributed by atoms with van der Waals surface area (Å²) >= 11 is 0. The molecule has 0 bridgehead atoms. The third-order valence-corrected chi connectivity index (χ3v) is 4.93. The average Bonchev–Trinajstić information content (AvgIpc) is 3.05. The molecule has 1 N–H and O–H groups in total. The van der Waals surface area contributed by atoms with E-state index >= 15 is 0 Å². The second-order valence-electron chi connectivity index (χ2n) is 6.77. The first-order chi connectivity index (χ1) is 14.6. The number of aliphatic hydroxyl groups excluding tert-OH is 1. The Kier molecular flexibility index (Phi) is 5.26. The van der Waals surface area contributed by atoms with Gasteiger partial charge in [-0.3, -0.25) is 19.6 Å². The number of methoxy groups -OCH3 is 1. The maximum atomic E-state index is 13.0. The molecule has 0 saturated carbocycles. The number of ether oxygens (including phenoxy) is 1. The summed E-state index contributed by atoms with van der Waals surface area (Å²) in [7, 11) is 1.51. The normalized spacial score (nSPS) is 17.9. The van der Waals surface area contributed by atoms with Crippen molar-refractivity contribution in [2.75, 3.05) is 7.11 Å². The molecule has 3 heterocycles. The van der Waals surface area contributed by atoms with Crippen LogP contribution in [0.5, 0.6) is 5.75 Å². The van der Waals surface area contributed by atoms with Crippen LogP contribution < -0.4 is 4.74 Å². The highest BCUT2D eigenvalue weighted by molar-refractivity contribution is 6.46. The van der Waals surface area contributed by atoms with Gasteiger partial charge in [0.25, 0.3) is 11.7 Å². The van der Waals surface area contributed by atoms with Gasteiger partial charge in [-0.2, -0.15) is 0 Å². The Labute approximate surface area is 173 Å². The third-order valence-electron chi connectivity index (χ3n) is 4.93. The number of hydrogen-bond donors (Lipinski definition) is 1. The molecular formula is C23H19N3O4. The number of carbonyl (C=O) groups excluding carboxylic acids is 2. The van der Waals surface area contributed by atoms with Crippen LogP contribution in [0.1, 0.15) is 22.9 Å². The lowest BCUT2D eigenvalue weighted by atomic mass is 9.98. The van der Waals surface area contributed by atoms with Gasteiger partial charge in [0.2, 0.25) is 0 Å². The lowest BCUT2D eigenvalue weighted by molar-refractivity contribution is -0.140. The zero-order valence-corrected chi connectivity index (χ0v) is 16.2. The molecule has 150 valence electrons. The van der Waals surface area contributed by atoms with Crippen molar-refractivity contribution in [3.8, 4) is 5.75 Å². The van der Waals surface area contributed by atoms with Crippen LogP contribution in [-0.4, -0.2) is 38.8 Å². The van der Waals surface area contributed by atoms with Gasteiger partial charge in [-0.25, -0.2) is 0 Å². The zero-order chi connectivity index (χ0) is 21.1. The summed E-state index contributed by atoms with van der Waals surface area (Å²) < 4.78 is 5.21. The third kappa shape index (κ3) is 3.53. The van der Waals surface area contributed by atoms with Gasteiger partial charge in [-0.1, -0.05) is 24.3 Å². The Hall–Kier alpha value is -4.00. The minimum atomic E-state index is -0.822. The number of benzene rings is 1. The Bertz CT molecular complexity index is 1110. The number of rotatable bonds is 5. The molecule has 4 rings (SSSR count). The monoisotopic (exact) mass is 401 g/mol. The van der Waals surface area contributed by atoms with E-state index in [1.807, 2.05) is 6.07 Å². The summed E-state index contributed by atoms with van der Waals surface area (Å²) in [6.45, 7) is 0.161. The van der Waals surface area contributed by atoms with Gasteiger partial charge in [0.15, 0.2) is 0 Å². The zero-order valence-electron chi connectivity index (χ0n) is 16.2. The fourth-order valence-corrected chi connectivity index (χ4v) is 3.50. The van der Waals surface area contributed by atoms with E-state index in [4.69, 9.17) is 4.74 Å². The van der Waals surface area contributed by atoms with E-state index < -0.39 is 17.7 Å². The van der Waals surface area contributed by atoms with E-state index in [9.17, 15) is 14.7 Å². The minimum Gasteiger partial charge on any atom is -0.507 e. The van der Waals surface area contributed by atoms with Crippen LogP contribution in [0.25, 0.3) is 5.76 Å². The van der Waals surface area contributed by atoms with Crippen LogP contribution in [0.3, 0.4) is 0 Å². The summed E-state index contributed by atoms with van der Waals surface area (Å²) in [4.78, 5) is 35.7. The number of aliphatic hydroxyl groups is 1. The van der Waals surface area contributed by atoms with Gasteiger partial charge >= 0.3 is 0 Å². The van der Waals surface area contributed by atoms with Gasteiger partial charge in [-0.05, 0) is 35.9 Å². The molecule has 2 aromatic heterocycles. The maximum absolute atomic E-state index is 13.0. The largest absolute Gasteiger partial charge is 0.507 e. The molecule has 1 saturated heterocycles. The number of aromatic nitrogens is 2. The van der Waals surface area contributed by atoms with Crippen molar-refractivity contribution < 1.29 is 19.4 Å². The highest BCUT2D eigenvalue weighted by Crippen LogP contribution is 2.39. The molecule has 7 nitrogen and oxygen atoms in total. The number of carbonyl (C=O) groups is 2. The van der Waals surface area contributed by atoms with E-state index in [0.29, 0.717) is 17.0 Å². The molecule has 1 fully saturated rings. The molecule has 0 spiro atoms. The lowest BCUT2D eigenvalue weighted by Gasteiger charge is -2.24. The van der Waals surface area contributed by atoms with Crippen molar-refractivity contribution >= 4 is 17.4 Å². The molecule has 1 aliphatic rings. The van der Waals surface area contributed by atoms with Crippen molar-refractivity contribution in [3.05, 3.63) is 95.6 Å². The second-order valence-corrected chi connectivity index (χ2v) is 6.77. The second kappa shape index (κ2) is 8.16. The molecule has 0 radical (unpaired) electrons. The Morgan fingerprint density at radius 2 is 1.97 bits per heavy atom. The Morgan fingerprint density at radius 1 is 1.10 bits per heavy atom. The fourth-order valence-electron chi connectivity index (χ4n) is 3.50. The molecule has 1 aromatic carbocycles. The fraction of sp³-hybridized carbons (Fsp3) is 0.130. The molecule has 1 atom stereocenters. The van der Waals surface area contributed by atoms with E-state index in [0.717, 1.165) is 5.56 Å². The van der Waals surface area contributed by atoms with E-state index in [-0.39, 0.29) is 17.9 Å². The summed E-state index contributed by atoms with van der Waals surface area (Å²) in [5.74, 6) is -1.19. The van der Waals surface area contributed by atoms with Gasteiger partial charge in [-0.15, -0.1) is 0 Å². The Balaban J connectivity index is 1.85. The first kappa shape index (κ1) is 19.3. The first-order valence-corrected chi connectivity index (χ1v) is 9.33. The predicted octanol–water partition coefficient (Wildman–Crippen LogP) is 3.11. The highest BCUT2D eigenvalue weighted by atomic mass is 16.5. The number of nitrogens with zero attached hydrogens (tertiary/aromatic N) is 3. The van der Waals surface area contributed by atoms with Gasteiger partial charge in [0, 0.05) is 30.7 Å². The quantitative estimate of drug-likeness (QED) is 0.401. The average molecular weight is 401 g/mol. The number of likely N-dealkylation sites (tertiary alicyclic amines) is 1. The van der Waals surface area contributed by atoms with Crippen LogP contribution in [-0.2, 0) is 16.1 Å². The molecule has 7 heteroatoms. The van der Waals surface area contributed by atoms with Crippen molar-refractivity contribution in [3.63, 3.8) is 0 Å². The first-order valence-electron chi connectivity index (χ1n) is 9.33. The van der Waals surface area contributed by atoms with Crippen molar-refractivity contribution in [1.29, 1.82) is 0 Å². The summed E-state index contributed by atoms with van der Waals surface area (Å²) in [5, 5.41) is 11.0. The highest BCUT2D eigenvalue weighted by Gasteiger charge is 2.46. The number of ketones is 1. The number of amides is 1. The smallest absolute Gasteiger partial charge is 0.296 e. The number of pyridine rings is 2.